The second-order valence-electron chi connectivity index (χ2n) is 1.27. The van der Waals surface area contributed by atoms with Crippen molar-refractivity contribution >= 4 is 21.6 Å². The van der Waals surface area contributed by atoms with Crippen molar-refractivity contribution in [2.24, 2.45) is 0 Å². The number of hydrogen-bond donors (Lipinski definition) is 2. The molecule has 0 aromatic rings. The highest BCUT2D eigenvalue weighted by Gasteiger charge is 2.12. The molecule has 0 radical (unpaired) electrons. The number of hydrogen-bond acceptors (Lipinski definition) is 2. The zero-order valence-corrected chi connectivity index (χ0v) is 4.96. The van der Waals surface area contributed by atoms with Gasteiger partial charge in [0.05, 0.1) is 0 Å². The van der Waals surface area contributed by atoms with E-state index < -0.39 is 0 Å². The van der Waals surface area contributed by atoms with Gasteiger partial charge in [-0.05, 0) is 13.1 Å². The molecule has 1 rings (SSSR count). The molecule has 0 aromatic carbocycles. The minimum absolute atomic E-state index is 0.359. The highest BCUT2D eigenvalue weighted by molar-refractivity contribution is 9.24. The third-order valence-corrected chi connectivity index (χ3v) is 1.42. The van der Waals surface area contributed by atoms with Crippen LogP contribution in [0.3, 0.4) is 0 Å². The molecule has 2 N–H and O–H groups in total. The van der Waals surface area contributed by atoms with Crippen molar-refractivity contribution in [3.63, 3.8) is 0 Å². The van der Waals surface area contributed by atoms with Gasteiger partial charge in [0.1, 0.15) is 0 Å². The zero-order chi connectivity index (χ0) is 4.41. The fourth-order valence-electron chi connectivity index (χ4n) is 0.470. The summed E-state index contributed by atoms with van der Waals surface area (Å²) in [6, 6.07) is 0. The Bertz CT molecular complexity index is 44.8. The van der Waals surface area contributed by atoms with Crippen LogP contribution in [0.4, 0.5) is 0 Å². The first-order valence-corrected chi connectivity index (χ1v) is 2.92. The van der Waals surface area contributed by atoms with Gasteiger partial charge < -0.3 is 10.5 Å². The van der Waals surface area contributed by atoms with E-state index in [2.05, 4.69) is 26.2 Å². The van der Waals surface area contributed by atoms with Gasteiger partial charge in [-0.1, -0.05) is 0 Å². The summed E-state index contributed by atoms with van der Waals surface area (Å²) >= 11 is 3.32. The quantitative estimate of drug-likeness (QED) is 0.456. The highest BCUT2D eigenvalue weighted by atomic mass is 79.9. The van der Waals surface area contributed by atoms with Crippen LogP contribution >= 0.6 is 15.8 Å². The Balaban J connectivity index is 2.18. The van der Waals surface area contributed by atoms with E-state index in [0.29, 0.717) is 5.81 Å². The van der Waals surface area contributed by atoms with Gasteiger partial charge >= 0.3 is 5.81 Å². The maximum absolute atomic E-state index is 3.32. The maximum atomic E-state index is 3.32. The smallest absolute Gasteiger partial charge is 0.331 e. The molecule has 2 nitrogen and oxygen atoms in total. The molecule has 0 saturated carbocycles. The van der Waals surface area contributed by atoms with Crippen molar-refractivity contribution in [3.8, 4) is 0 Å². The van der Waals surface area contributed by atoms with Crippen molar-refractivity contribution in [2.45, 2.75) is 0 Å². The topological polar surface area (TPSA) is 24.1 Å². The van der Waals surface area contributed by atoms with E-state index in [4.69, 9.17) is 0 Å². The van der Waals surface area contributed by atoms with E-state index in [1.807, 2.05) is 0 Å². The third-order valence-electron chi connectivity index (χ3n) is 0.772. The van der Waals surface area contributed by atoms with E-state index in [0.717, 1.165) is 13.1 Å². The van der Waals surface area contributed by atoms with Crippen LogP contribution in [-0.2, 0) is 0 Å². The molecular weight excluding hydrogens is 143 g/mol. The molecule has 1 fully saturated rings. The SMILES string of the molecule is BrB1NCCN1. The Labute approximate surface area is 45.8 Å². The van der Waals surface area contributed by atoms with Gasteiger partial charge in [-0.2, -0.15) is 0 Å². The first-order chi connectivity index (χ1) is 2.89. The fourth-order valence-corrected chi connectivity index (χ4v) is 0.928. The first kappa shape index (κ1) is 4.62. The van der Waals surface area contributed by atoms with Gasteiger partial charge in [0.2, 0.25) is 0 Å². The molecule has 1 aliphatic heterocycles. The molecule has 1 heterocycles. The molecule has 1 saturated heterocycles. The lowest BCUT2D eigenvalue weighted by molar-refractivity contribution is 0.942. The standard InChI is InChI=1S/C2H6BBrN2/c4-3-5-1-2-6-3/h5-6H,1-2H2. The summed E-state index contributed by atoms with van der Waals surface area (Å²) in [5.74, 6) is 0.359. The normalized spacial score (nSPS) is 22.5. The predicted octanol–water partition coefficient (Wildman–Crippen LogP) is -0.441. The minimum atomic E-state index is 0.359. The Hall–Kier alpha value is 0.465. The molecule has 0 bridgehead atoms. The summed E-state index contributed by atoms with van der Waals surface area (Å²) in [6.07, 6.45) is 0. The van der Waals surface area contributed by atoms with Crippen molar-refractivity contribution in [1.29, 1.82) is 0 Å². The van der Waals surface area contributed by atoms with Crippen molar-refractivity contribution in [2.75, 3.05) is 13.1 Å². The second kappa shape index (κ2) is 1.96. The largest absolute Gasteiger partial charge is 0.385 e. The number of halogens is 1. The molecule has 0 amide bonds. The number of rotatable bonds is 0. The summed E-state index contributed by atoms with van der Waals surface area (Å²) < 4.78 is 0. The van der Waals surface area contributed by atoms with Gasteiger partial charge in [0.15, 0.2) is 0 Å². The molecule has 0 atom stereocenters. The van der Waals surface area contributed by atoms with Crippen LogP contribution in [-0.4, -0.2) is 18.9 Å². The summed E-state index contributed by atoms with van der Waals surface area (Å²) in [6.45, 7) is 2.16. The molecule has 0 unspecified atom stereocenters. The van der Waals surface area contributed by atoms with Gasteiger partial charge in [0.25, 0.3) is 0 Å². The molecule has 34 valence electrons. The molecular formula is C2H6BBrN2. The van der Waals surface area contributed by atoms with Gasteiger partial charge in [-0.3, -0.25) is 0 Å². The van der Waals surface area contributed by atoms with E-state index >= 15 is 0 Å². The molecule has 1 aliphatic rings. The van der Waals surface area contributed by atoms with Crippen LogP contribution in [0.15, 0.2) is 0 Å². The summed E-state index contributed by atoms with van der Waals surface area (Å²) in [5.41, 5.74) is 0. The van der Waals surface area contributed by atoms with Crippen LogP contribution in [0.25, 0.3) is 0 Å². The zero-order valence-electron chi connectivity index (χ0n) is 3.37. The van der Waals surface area contributed by atoms with E-state index in [1.54, 1.807) is 0 Å². The number of nitrogens with one attached hydrogen (secondary N) is 2. The monoisotopic (exact) mass is 148 g/mol. The summed E-state index contributed by atoms with van der Waals surface area (Å²) in [4.78, 5) is 0. The van der Waals surface area contributed by atoms with Crippen LogP contribution in [0.2, 0.25) is 0 Å². The lowest BCUT2D eigenvalue weighted by Crippen LogP contribution is -2.29. The minimum Gasteiger partial charge on any atom is -0.331 e. The summed E-state index contributed by atoms with van der Waals surface area (Å²) in [7, 11) is 0. The van der Waals surface area contributed by atoms with E-state index in [1.165, 1.54) is 0 Å². The Kier molecular flexibility index (Phi) is 1.51. The molecule has 0 aliphatic carbocycles. The molecule has 4 heteroatoms. The molecule has 0 aromatic heterocycles. The Morgan fingerprint density at radius 3 is 2.00 bits per heavy atom. The van der Waals surface area contributed by atoms with Gasteiger partial charge in [0, 0.05) is 0 Å². The van der Waals surface area contributed by atoms with Crippen LogP contribution in [0.1, 0.15) is 0 Å². The Morgan fingerprint density at radius 2 is 1.83 bits per heavy atom. The second-order valence-corrected chi connectivity index (χ2v) is 2.19. The first-order valence-electron chi connectivity index (χ1n) is 2.00. The summed E-state index contributed by atoms with van der Waals surface area (Å²) in [5, 5.41) is 6.25. The Morgan fingerprint density at radius 1 is 1.33 bits per heavy atom. The van der Waals surface area contributed by atoms with E-state index in [9.17, 15) is 0 Å². The van der Waals surface area contributed by atoms with E-state index in [-0.39, 0.29) is 0 Å². The van der Waals surface area contributed by atoms with Crippen molar-refractivity contribution < 1.29 is 0 Å². The molecule has 6 heavy (non-hydrogen) atoms. The van der Waals surface area contributed by atoms with Crippen LogP contribution in [0, 0.1) is 0 Å². The van der Waals surface area contributed by atoms with Crippen LogP contribution in [0.5, 0.6) is 0 Å². The lowest BCUT2D eigenvalue weighted by atomic mass is 10.2. The lowest BCUT2D eigenvalue weighted by Gasteiger charge is -1.87. The fraction of sp³-hybridized carbons (Fsp3) is 1.00. The van der Waals surface area contributed by atoms with Crippen molar-refractivity contribution in [1.82, 2.24) is 10.5 Å². The van der Waals surface area contributed by atoms with Crippen LogP contribution < -0.4 is 10.5 Å². The van der Waals surface area contributed by atoms with Gasteiger partial charge in [-0.15, -0.1) is 15.8 Å². The highest BCUT2D eigenvalue weighted by Crippen LogP contribution is 1.85. The average molecular weight is 149 g/mol. The predicted molar refractivity (Wildman–Crippen MR) is 30.7 cm³/mol. The van der Waals surface area contributed by atoms with Gasteiger partial charge in [-0.25, -0.2) is 0 Å². The third kappa shape index (κ3) is 0.962. The van der Waals surface area contributed by atoms with Crippen molar-refractivity contribution in [3.05, 3.63) is 0 Å². The molecule has 0 spiro atoms. The average Bonchev–Trinajstić information content (AvgIpc) is 1.86. The maximum Gasteiger partial charge on any atom is 0.385 e.